The van der Waals surface area contributed by atoms with Crippen LogP contribution in [0.2, 0.25) is 0 Å². The molecule has 1 spiro atoms. The number of hydrogen-bond acceptors (Lipinski definition) is 5. The summed E-state index contributed by atoms with van der Waals surface area (Å²) in [5.41, 5.74) is 1.20. The molecule has 0 bridgehead atoms. The van der Waals surface area contributed by atoms with E-state index in [0.29, 0.717) is 0 Å². The van der Waals surface area contributed by atoms with Gasteiger partial charge in [0.05, 0.1) is 12.2 Å². The topological polar surface area (TPSA) is 41.5 Å². The summed E-state index contributed by atoms with van der Waals surface area (Å²) >= 11 is 0. The lowest BCUT2D eigenvalue weighted by molar-refractivity contribution is -0.116. The molecule has 0 N–H and O–H groups in total. The van der Waals surface area contributed by atoms with Gasteiger partial charge in [-0.15, -0.1) is 0 Å². The first-order valence-corrected chi connectivity index (χ1v) is 8.74. The molecule has 2 fully saturated rings. The highest BCUT2D eigenvalue weighted by atomic mass is 16.5. The van der Waals surface area contributed by atoms with Crippen molar-refractivity contribution in [1.29, 1.82) is 0 Å². The van der Waals surface area contributed by atoms with Crippen molar-refractivity contribution in [2.45, 2.75) is 25.0 Å². The second-order valence-corrected chi connectivity index (χ2v) is 6.82. The van der Waals surface area contributed by atoms with Gasteiger partial charge in [-0.2, -0.15) is 0 Å². The maximum absolute atomic E-state index is 6.30. The SMILES string of the molecule is c1ccc(N2CCC[C@]3(CN(Cc4cccnc4)CCO3)C2)nc1. The van der Waals surface area contributed by atoms with Gasteiger partial charge in [0.1, 0.15) is 5.82 Å². The summed E-state index contributed by atoms with van der Waals surface area (Å²) in [6, 6.07) is 10.3. The van der Waals surface area contributed by atoms with Crippen LogP contribution >= 0.6 is 0 Å². The van der Waals surface area contributed by atoms with E-state index < -0.39 is 0 Å². The fourth-order valence-electron chi connectivity index (χ4n) is 3.89. The van der Waals surface area contributed by atoms with Crippen LogP contribution in [0.15, 0.2) is 48.9 Å². The van der Waals surface area contributed by atoms with Crippen molar-refractivity contribution < 1.29 is 4.74 Å². The Kier molecular flexibility index (Phi) is 4.45. The van der Waals surface area contributed by atoms with Crippen LogP contribution in [0.1, 0.15) is 18.4 Å². The number of morpholine rings is 1. The van der Waals surface area contributed by atoms with Crippen LogP contribution in [0, 0.1) is 0 Å². The molecule has 24 heavy (non-hydrogen) atoms. The molecule has 4 rings (SSSR count). The first-order chi connectivity index (χ1) is 11.8. The zero-order valence-corrected chi connectivity index (χ0v) is 14.0. The van der Waals surface area contributed by atoms with Crippen molar-refractivity contribution >= 4 is 5.82 Å². The summed E-state index contributed by atoms with van der Waals surface area (Å²) in [4.78, 5) is 13.6. The van der Waals surface area contributed by atoms with Crippen LogP contribution in [0.4, 0.5) is 5.82 Å². The normalized spacial score (nSPS) is 25.1. The van der Waals surface area contributed by atoms with Crippen molar-refractivity contribution in [2.75, 3.05) is 37.7 Å². The molecule has 2 aliphatic rings. The van der Waals surface area contributed by atoms with Gasteiger partial charge in [-0.1, -0.05) is 12.1 Å². The second-order valence-electron chi connectivity index (χ2n) is 6.82. The molecule has 0 saturated carbocycles. The smallest absolute Gasteiger partial charge is 0.128 e. The Morgan fingerprint density at radius 1 is 1.08 bits per heavy atom. The maximum atomic E-state index is 6.30. The van der Waals surface area contributed by atoms with E-state index >= 15 is 0 Å². The van der Waals surface area contributed by atoms with Crippen molar-refractivity contribution in [2.24, 2.45) is 0 Å². The molecule has 126 valence electrons. The molecule has 0 unspecified atom stereocenters. The highest BCUT2D eigenvalue weighted by Crippen LogP contribution is 2.31. The standard InChI is InChI=1S/C19H24N4O/c1-2-9-21-18(6-1)23-10-4-7-19(16-23)15-22(11-12-24-19)14-17-5-3-8-20-13-17/h1-3,5-6,8-9,13H,4,7,10-12,14-16H2/t19-/m0/s1. The number of aromatic nitrogens is 2. The first-order valence-electron chi connectivity index (χ1n) is 8.74. The quantitative estimate of drug-likeness (QED) is 0.867. The van der Waals surface area contributed by atoms with E-state index in [1.807, 2.05) is 30.7 Å². The molecular formula is C19H24N4O. The summed E-state index contributed by atoms with van der Waals surface area (Å²) in [5, 5.41) is 0. The fourth-order valence-corrected chi connectivity index (χ4v) is 3.89. The third kappa shape index (κ3) is 3.42. The van der Waals surface area contributed by atoms with Crippen LogP contribution in [0.5, 0.6) is 0 Å². The zero-order valence-electron chi connectivity index (χ0n) is 14.0. The number of pyridine rings is 2. The Morgan fingerprint density at radius 2 is 2.08 bits per heavy atom. The minimum atomic E-state index is -0.0732. The Morgan fingerprint density at radius 3 is 2.92 bits per heavy atom. The van der Waals surface area contributed by atoms with Crippen molar-refractivity contribution in [3.8, 4) is 0 Å². The molecule has 1 atom stereocenters. The average molecular weight is 324 g/mol. The lowest BCUT2D eigenvalue weighted by Gasteiger charge is -2.48. The molecule has 5 heteroatoms. The van der Waals surface area contributed by atoms with E-state index in [0.717, 1.165) is 58.0 Å². The molecule has 2 aromatic rings. The van der Waals surface area contributed by atoms with Crippen LogP contribution in [0.3, 0.4) is 0 Å². The van der Waals surface area contributed by atoms with Crippen LogP contribution in [-0.2, 0) is 11.3 Å². The number of nitrogens with zero attached hydrogens (tertiary/aromatic N) is 4. The Hall–Kier alpha value is -1.98. The van der Waals surface area contributed by atoms with Crippen LogP contribution in [-0.4, -0.2) is 53.3 Å². The summed E-state index contributed by atoms with van der Waals surface area (Å²) in [7, 11) is 0. The van der Waals surface area contributed by atoms with E-state index in [9.17, 15) is 0 Å². The van der Waals surface area contributed by atoms with Gasteiger partial charge in [-0.05, 0) is 36.6 Å². The van der Waals surface area contributed by atoms with Crippen LogP contribution in [0.25, 0.3) is 0 Å². The van der Waals surface area contributed by atoms with Gasteiger partial charge in [0.15, 0.2) is 0 Å². The number of rotatable bonds is 3. The van der Waals surface area contributed by atoms with Gasteiger partial charge in [0.25, 0.3) is 0 Å². The van der Waals surface area contributed by atoms with E-state index in [1.54, 1.807) is 0 Å². The molecule has 0 amide bonds. The number of anilines is 1. The van der Waals surface area contributed by atoms with Crippen molar-refractivity contribution in [3.05, 3.63) is 54.5 Å². The minimum Gasteiger partial charge on any atom is -0.370 e. The molecule has 2 saturated heterocycles. The van der Waals surface area contributed by atoms with Gasteiger partial charge in [-0.25, -0.2) is 4.98 Å². The summed E-state index contributed by atoms with van der Waals surface area (Å²) in [6.07, 6.45) is 7.93. The number of piperidine rings is 1. The average Bonchev–Trinajstić information content (AvgIpc) is 2.63. The Balaban J connectivity index is 1.45. The second kappa shape index (κ2) is 6.87. The first kappa shape index (κ1) is 15.5. The zero-order chi connectivity index (χ0) is 16.2. The van der Waals surface area contributed by atoms with Crippen molar-refractivity contribution in [1.82, 2.24) is 14.9 Å². The predicted molar refractivity (Wildman–Crippen MR) is 93.9 cm³/mol. The minimum absolute atomic E-state index is 0.0732. The van der Waals surface area contributed by atoms with Gasteiger partial charge in [-0.3, -0.25) is 9.88 Å². The molecule has 0 aliphatic carbocycles. The molecule has 5 nitrogen and oxygen atoms in total. The Bertz CT molecular complexity index is 647. The molecule has 4 heterocycles. The van der Waals surface area contributed by atoms with Crippen molar-refractivity contribution in [3.63, 3.8) is 0 Å². The van der Waals surface area contributed by atoms with Gasteiger partial charge >= 0.3 is 0 Å². The lowest BCUT2D eigenvalue weighted by atomic mass is 9.90. The highest BCUT2D eigenvalue weighted by molar-refractivity contribution is 5.39. The largest absolute Gasteiger partial charge is 0.370 e. The molecule has 2 aliphatic heterocycles. The van der Waals surface area contributed by atoms with Gasteiger partial charge in [0.2, 0.25) is 0 Å². The number of ether oxygens (including phenoxy) is 1. The molecular weight excluding hydrogens is 300 g/mol. The monoisotopic (exact) mass is 324 g/mol. The number of hydrogen-bond donors (Lipinski definition) is 0. The summed E-state index contributed by atoms with van der Waals surface area (Å²) in [5.74, 6) is 1.06. The Labute approximate surface area is 143 Å². The predicted octanol–water partition coefficient (Wildman–Crippen LogP) is 2.35. The van der Waals surface area contributed by atoms with Gasteiger partial charge < -0.3 is 9.64 Å². The van der Waals surface area contributed by atoms with E-state index in [1.165, 1.54) is 5.56 Å². The van der Waals surface area contributed by atoms with E-state index in [4.69, 9.17) is 4.74 Å². The maximum Gasteiger partial charge on any atom is 0.128 e. The highest BCUT2D eigenvalue weighted by Gasteiger charge is 2.40. The van der Waals surface area contributed by atoms with E-state index in [-0.39, 0.29) is 5.60 Å². The molecule has 0 aromatic carbocycles. The third-order valence-electron chi connectivity index (χ3n) is 4.97. The summed E-state index contributed by atoms with van der Waals surface area (Å²) in [6.45, 7) is 5.70. The molecule has 0 radical (unpaired) electrons. The van der Waals surface area contributed by atoms with Gasteiger partial charge in [0, 0.05) is 51.3 Å². The fraction of sp³-hybridized carbons (Fsp3) is 0.474. The summed E-state index contributed by atoms with van der Waals surface area (Å²) < 4.78 is 6.30. The third-order valence-corrected chi connectivity index (χ3v) is 4.97. The van der Waals surface area contributed by atoms with E-state index in [2.05, 4.69) is 38.0 Å². The van der Waals surface area contributed by atoms with Crippen LogP contribution < -0.4 is 4.90 Å². The molecule has 2 aromatic heterocycles. The lowest BCUT2D eigenvalue weighted by Crippen LogP contribution is -2.59.